The third kappa shape index (κ3) is 3.34. The first kappa shape index (κ1) is 17.4. The van der Waals surface area contributed by atoms with E-state index in [9.17, 15) is 9.59 Å². The molecule has 2 heterocycles. The van der Waals surface area contributed by atoms with E-state index in [0.717, 1.165) is 16.9 Å². The first-order chi connectivity index (χ1) is 11.6. The molecule has 1 aromatic carbocycles. The summed E-state index contributed by atoms with van der Waals surface area (Å²) in [4.78, 5) is 26.4. The minimum atomic E-state index is -0.647. The molecule has 0 radical (unpaired) electrons. The number of carbonyl (C=O) groups excluding carboxylic acids is 2. The van der Waals surface area contributed by atoms with Crippen molar-refractivity contribution in [3.63, 3.8) is 0 Å². The number of rotatable bonds is 6. The Bertz CT molecular complexity index is 650. The monoisotopic (exact) mass is 364 g/mol. The number of hydrogen-bond donors (Lipinski definition) is 1. The molecule has 1 saturated heterocycles. The van der Waals surface area contributed by atoms with Gasteiger partial charge in [-0.15, -0.1) is 11.8 Å². The van der Waals surface area contributed by atoms with Gasteiger partial charge in [0.15, 0.2) is 6.04 Å². The molecular formula is C17H20N2O3S2. The molecule has 0 aliphatic carbocycles. The number of amides is 1. The molecule has 1 aromatic rings. The zero-order chi connectivity index (χ0) is 17.1. The molecule has 3 atom stereocenters. The minimum Gasteiger partial charge on any atom is -0.459 e. The highest BCUT2D eigenvalue weighted by Crippen LogP contribution is 2.40. The van der Waals surface area contributed by atoms with Gasteiger partial charge in [-0.3, -0.25) is 4.79 Å². The molecule has 128 valence electrons. The number of ether oxygens (including phenoxy) is 1. The molecule has 1 fully saturated rings. The topological polar surface area (TPSA) is 72.6 Å². The van der Waals surface area contributed by atoms with Crippen LogP contribution >= 0.6 is 23.5 Å². The highest BCUT2D eigenvalue weighted by Gasteiger charge is 2.53. The van der Waals surface area contributed by atoms with Crippen molar-refractivity contribution in [3.8, 4) is 0 Å². The SMILES string of the molecule is CCSCC1=CS[C@@H]2C(N)C(=O)N2C1C(=O)OCc1ccccc1. The Morgan fingerprint density at radius 2 is 2.12 bits per heavy atom. The van der Waals surface area contributed by atoms with Crippen LogP contribution in [0.15, 0.2) is 41.3 Å². The van der Waals surface area contributed by atoms with Crippen LogP contribution in [0.3, 0.4) is 0 Å². The quantitative estimate of drug-likeness (QED) is 0.615. The van der Waals surface area contributed by atoms with Gasteiger partial charge in [-0.25, -0.2) is 4.79 Å². The van der Waals surface area contributed by atoms with Gasteiger partial charge < -0.3 is 15.4 Å². The van der Waals surface area contributed by atoms with Gasteiger partial charge in [0, 0.05) is 5.75 Å². The zero-order valence-corrected chi connectivity index (χ0v) is 15.0. The molecule has 0 aromatic heterocycles. The highest BCUT2D eigenvalue weighted by atomic mass is 32.2. The second-order valence-corrected chi connectivity index (χ2v) is 7.89. The van der Waals surface area contributed by atoms with E-state index in [-0.39, 0.29) is 23.9 Å². The van der Waals surface area contributed by atoms with Gasteiger partial charge in [-0.1, -0.05) is 37.3 Å². The predicted octanol–water partition coefficient (Wildman–Crippen LogP) is 1.98. The number of nitrogens with two attached hydrogens (primary N) is 1. The molecule has 0 saturated carbocycles. The maximum Gasteiger partial charge on any atom is 0.333 e. The summed E-state index contributed by atoms with van der Waals surface area (Å²) in [5.41, 5.74) is 7.69. The molecule has 2 aliphatic rings. The van der Waals surface area contributed by atoms with Gasteiger partial charge in [0.25, 0.3) is 0 Å². The fourth-order valence-electron chi connectivity index (χ4n) is 2.74. The van der Waals surface area contributed by atoms with Crippen molar-refractivity contribution in [1.82, 2.24) is 4.90 Å². The van der Waals surface area contributed by atoms with E-state index in [1.54, 1.807) is 16.7 Å². The van der Waals surface area contributed by atoms with E-state index >= 15 is 0 Å². The number of nitrogens with zero attached hydrogens (tertiary/aromatic N) is 1. The van der Waals surface area contributed by atoms with E-state index in [0.29, 0.717) is 5.75 Å². The molecule has 5 nitrogen and oxygen atoms in total. The lowest BCUT2D eigenvalue weighted by molar-refractivity contribution is -0.162. The fraction of sp³-hybridized carbons (Fsp3) is 0.412. The smallest absolute Gasteiger partial charge is 0.333 e. The number of carbonyl (C=O) groups is 2. The summed E-state index contributed by atoms with van der Waals surface area (Å²) in [6.07, 6.45) is 0. The molecular weight excluding hydrogens is 344 g/mol. The molecule has 0 bridgehead atoms. The Balaban J connectivity index is 1.73. The third-order valence-corrected chi connectivity index (χ3v) is 6.21. The van der Waals surface area contributed by atoms with Crippen LogP contribution in [0.25, 0.3) is 0 Å². The van der Waals surface area contributed by atoms with Crippen LogP contribution in [-0.4, -0.2) is 45.7 Å². The normalized spacial score (nSPS) is 25.6. The summed E-state index contributed by atoms with van der Waals surface area (Å²) in [5.74, 6) is 1.10. The van der Waals surface area contributed by atoms with Gasteiger partial charge in [0.05, 0.1) is 0 Å². The number of esters is 1. The Morgan fingerprint density at radius 3 is 2.83 bits per heavy atom. The van der Waals surface area contributed by atoms with Crippen molar-refractivity contribution in [1.29, 1.82) is 0 Å². The van der Waals surface area contributed by atoms with E-state index < -0.39 is 12.1 Å². The fourth-order valence-corrected chi connectivity index (χ4v) is 4.70. The number of β-lactam (4-membered cyclic amide) rings is 1. The second-order valence-electron chi connectivity index (χ2n) is 5.62. The predicted molar refractivity (Wildman–Crippen MR) is 97.3 cm³/mol. The first-order valence-electron chi connectivity index (χ1n) is 7.84. The van der Waals surface area contributed by atoms with Crippen molar-refractivity contribution in [2.24, 2.45) is 5.73 Å². The van der Waals surface area contributed by atoms with E-state index in [2.05, 4.69) is 6.92 Å². The summed E-state index contributed by atoms with van der Waals surface area (Å²) in [6, 6.07) is 8.34. The van der Waals surface area contributed by atoms with Crippen LogP contribution in [-0.2, 0) is 20.9 Å². The van der Waals surface area contributed by atoms with E-state index in [1.807, 2.05) is 35.7 Å². The molecule has 0 spiro atoms. The van der Waals surface area contributed by atoms with Crippen LogP contribution in [0.4, 0.5) is 0 Å². The average Bonchev–Trinajstić information content (AvgIpc) is 2.63. The zero-order valence-electron chi connectivity index (χ0n) is 13.4. The number of fused-ring (bicyclic) bond motifs is 1. The van der Waals surface area contributed by atoms with Crippen LogP contribution in [0.1, 0.15) is 12.5 Å². The van der Waals surface area contributed by atoms with Crippen molar-refractivity contribution < 1.29 is 14.3 Å². The summed E-state index contributed by atoms with van der Waals surface area (Å²) in [6.45, 7) is 2.27. The number of hydrogen-bond acceptors (Lipinski definition) is 6. The lowest BCUT2D eigenvalue weighted by atomic mass is 9.99. The molecule has 2 aliphatic heterocycles. The highest BCUT2D eigenvalue weighted by molar-refractivity contribution is 8.03. The van der Waals surface area contributed by atoms with Crippen LogP contribution in [0.5, 0.6) is 0 Å². The van der Waals surface area contributed by atoms with Crippen molar-refractivity contribution in [2.75, 3.05) is 11.5 Å². The van der Waals surface area contributed by atoms with Crippen LogP contribution in [0, 0.1) is 0 Å². The van der Waals surface area contributed by atoms with Crippen LogP contribution < -0.4 is 5.73 Å². The Morgan fingerprint density at radius 1 is 1.38 bits per heavy atom. The number of benzene rings is 1. The van der Waals surface area contributed by atoms with E-state index in [4.69, 9.17) is 10.5 Å². The van der Waals surface area contributed by atoms with Crippen molar-refractivity contribution >= 4 is 35.4 Å². The van der Waals surface area contributed by atoms with Gasteiger partial charge in [-0.2, -0.15) is 11.8 Å². The molecule has 2 N–H and O–H groups in total. The molecule has 1 amide bonds. The maximum atomic E-state index is 12.7. The van der Waals surface area contributed by atoms with Crippen molar-refractivity contribution in [2.45, 2.75) is 31.0 Å². The van der Waals surface area contributed by atoms with E-state index in [1.165, 1.54) is 11.8 Å². The summed E-state index contributed by atoms with van der Waals surface area (Å²) >= 11 is 3.24. The number of thioether (sulfide) groups is 2. The van der Waals surface area contributed by atoms with Gasteiger partial charge in [0.2, 0.25) is 5.91 Å². The Hall–Kier alpha value is -1.44. The average molecular weight is 364 g/mol. The molecule has 24 heavy (non-hydrogen) atoms. The van der Waals surface area contributed by atoms with Crippen molar-refractivity contribution in [3.05, 3.63) is 46.9 Å². The third-order valence-electron chi connectivity index (χ3n) is 4.03. The van der Waals surface area contributed by atoms with Gasteiger partial charge >= 0.3 is 5.97 Å². The van der Waals surface area contributed by atoms with Gasteiger partial charge in [-0.05, 0) is 22.3 Å². The molecule has 2 unspecified atom stereocenters. The van der Waals surface area contributed by atoms with Gasteiger partial charge in [0.1, 0.15) is 18.0 Å². The van der Waals surface area contributed by atoms with Crippen LogP contribution in [0.2, 0.25) is 0 Å². The summed E-state index contributed by atoms with van der Waals surface area (Å²) < 4.78 is 5.48. The lowest BCUT2D eigenvalue weighted by Crippen LogP contribution is -2.72. The standard InChI is InChI=1S/C17H20N2O3S2/c1-2-23-9-12-10-24-16-13(18)15(20)19(16)14(12)17(21)22-8-11-6-4-3-5-7-11/h3-7,10,13-14,16H,2,8-9,18H2,1H3/t13?,14?,16-/m1/s1. The second kappa shape index (κ2) is 7.63. The largest absolute Gasteiger partial charge is 0.459 e. The summed E-state index contributed by atoms with van der Waals surface area (Å²) in [7, 11) is 0. The molecule has 7 heteroatoms. The Kier molecular flexibility index (Phi) is 5.53. The first-order valence-corrected chi connectivity index (χ1v) is 9.93. The lowest BCUT2D eigenvalue weighted by Gasteiger charge is -2.50. The molecule has 3 rings (SSSR count). The summed E-state index contributed by atoms with van der Waals surface area (Å²) in [5, 5.41) is 1.81. The Labute approximate surface area is 150 Å². The maximum absolute atomic E-state index is 12.7. The minimum absolute atomic E-state index is 0.165.